The number of hydrogen-bond acceptors (Lipinski definition) is 4. The van der Waals surface area contributed by atoms with Crippen LogP contribution in [0.15, 0.2) is 60.7 Å². The van der Waals surface area contributed by atoms with E-state index in [1.807, 2.05) is 30.3 Å². The molecule has 138 valence electrons. The fourth-order valence-electron chi connectivity index (χ4n) is 2.51. The number of alkyl halides is 2. The van der Waals surface area contributed by atoms with E-state index >= 15 is 0 Å². The predicted octanol–water partition coefficient (Wildman–Crippen LogP) is 4.50. The lowest BCUT2D eigenvalue weighted by atomic mass is 10.1. The zero-order valence-electron chi connectivity index (χ0n) is 14.4. The standard InChI is InChI=1S/C20H16F2N2O3/c1-26-16-8-4-6-14(19(16)27-20(21)22)10-12-18(25)24-17-11-9-13-5-2-3-7-15(13)23-17/h2-12,20H,1H3,(H,23,24,25)/b12-10+. The first-order valence-electron chi connectivity index (χ1n) is 8.03. The maximum absolute atomic E-state index is 12.6. The number of hydrogen-bond donors (Lipinski definition) is 1. The molecule has 0 spiro atoms. The van der Waals surface area contributed by atoms with Gasteiger partial charge in [0.2, 0.25) is 5.91 Å². The molecule has 0 aliphatic heterocycles. The minimum absolute atomic E-state index is 0.136. The third kappa shape index (κ3) is 4.58. The summed E-state index contributed by atoms with van der Waals surface area (Å²) >= 11 is 0. The lowest BCUT2D eigenvalue weighted by molar-refractivity contribution is -0.111. The van der Waals surface area contributed by atoms with E-state index in [1.54, 1.807) is 12.1 Å². The SMILES string of the molecule is COc1cccc(/C=C/C(=O)Nc2ccc3ccccc3n2)c1OC(F)F. The molecule has 1 N–H and O–H groups in total. The Morgan fingerprint density at radius 3 is 2.70 bits per heavy atom. The highest BCUT2D eigenvalue weighted by Gasteiger charge is 2.14. The summed E-state index contributed by atoms with van der Waals surface area (Å²) in [4.78, 5) is 16.5. The largest absolute Gasteiger partial charge is 0.493 e. The first kappa shape index (κ1) is 18.3. The van der Waals surface area contributed by atoms with Gasteiger partial charge in [-0.1, -0.05) is 30.3 Å². The van der Waals surface area contributed by atoms with Crippen LogP contribution in [0.4, 0.5) is 14.6 Å². The number of anilines is 1. The van der Waals surface area contributed by atoms with E-state index in [0.29, 0.717) is 5.82 Å². The number of nitrogens with one attached hydrogen (secondary N) is 1. The molecule has 0 atom stereocenters. The van der Waals surface area contributed by atoms with Crippen LogP contribution >= 0.6 is 0 Å². The Labute approximate surface area is 154 Å². The average Bonchev–Trinajstić information content (AvgIpc) is 2.66. The van der Waals surface area contributed by atoms with Crippen LogP contribution < -0.4 is 14.8 Å². The van der Waals surface area contributed by atoms with Crippen LogP contribution in [-0.2, 0) is 4.79 Å². The van der Waals surface area contributed by atoms with Crippen LogP contribution in [0.3, 0.4) is 0 Å². The van der Waals surface area contributed by atoms with Crippen molar-refractivity contribution in [2.75, 3.05) is 12.4 Å². The van der Waals surface area contributed by atoms with Crippen molar-refractivity contribution < 1.29 is 23.0 Å². The number of para-hydroxylation sites is 2. The van der Waals surface area contributed by atoms with Gasteiger partial charge in [-0.25, -0.2) is 4.98 Å². The summed E-state index contributed by atoms with van der Waals surface area (Å²) in [5.41, 5.74) is 1.04. The highest BCUT2D eigenvalue weighted by molar-refractivity contribution is 6.02. The minimum atomic E-state index is -3.01. The van der Waals surface area contributed by atoms with E-state index in [2.05, 4.69) is 15.0 Å². The first-order chi connectivity index (χ1) is 13.1. The van der Waals surface area contributed by atoms with Crippen LogP contribution in [0.25, 0.3) is 17.0 Å². The molecule has 3 rings (SSSR count). The van der Waals surface area contributed by atoms with E-state index in [-0.39, 0.29) is 17.1 Å². The highest BCUT2D eigenvalue weighted by atomic mass is 19.3. The molecule has 0 aliphatic rings. The Hall–Kier alpha value is -3.48. The molecular formula is C20H16F2N2O3. The van der Waals surface area contributed by atoms with Crippen molar-refractivity contribution in [3.05, 3.63) is 66.2 Å². The number of halogens is 2. The fourth-order valence-corrected chi connectivity index (χ4v) is 2.51. The fraction of sp³-hybridized carbons (Fsp3) is 0.100. The molecule has 0 fully saturated rings. The Balaban J connectivity index is 1.77. The number of carbonyl (C=O) groups excluding carboxylic acids is 1. The van der Waals surface area contributed by atoms with Crippen LogP contribution in [0.1, 0.15) is 5.56 Å². The Kier molecular flexibility index (Phi) is 5.61. The molecule has 2 aromatic carbocycles. The number of benzene rings is 2. The number of carbonyl (C=O) groups is 1. The van der Waals surface area contributed by atoms with Gasteiger partial charge in [-0.05, 0) is 30.3 Å². The van der Waals surface area contributed by atoms with Crippen molar-refractivity contribution in [3.8, 4) is 11.5 Å². The van der Waals surface area contributed by atoms with Crippen molar-refractivity contribution in [3.63, 3.8) is 0 Å². The van der Waals surface area contributed by atoms with Gasteiger partial charge in [-0.3, -0.25) is 4.79 Å². The summed E-state index contributed by atoms with van der Waals surface area (Å²) in [6.07, 6.45) is 2.58. The third-order valence-corrected chi connectivity index (χ3v) is 3.70. The number of pyridine rings is 1. The topological polar surface area (TPSA) is 60.5 Å². The van der Waals surface area contributed by atoms with Crippen LogP contribution in [0.5, 0.6) is 11.5 Å². The van der Waals surface area contributed by atoms with Gasteiger partial charge >= 0.3 is 6.61 Å². The summed E-state index contributed by atoms with van der Waals surface area (Å²) in [5.74, 6) is -0.0569. The molecule has 27 heavy (non-hydrogen) atoms. The molecule has 0 bridgehead atoms. The maximum Gasteiger partial charge on any atom is 0.387 e. The average molecular weight is 370 g/mol. The molecule has 7 heteroatoms. The Morgan fingerprint density at radius 1 is 1.11 bits per heavy atom. The van der Waals surface area contributed by atoms with E-state index < -0.39 is 12.5 Å². The summed E-state index contributed by atoms with van der Waals surface area (Å²) in [7, 11) is 1.35. The van der Waals surface area contributed by atoms with Crippen molar-refractivity contribution in [1.29, 1.82) is 0 Å². The quantitative estimate of drug-likeness (QED) is 0.649. The van der Waals surface area contributed by atoms with Gasteiger partial charge in [0.15, 0.2) is 11.5 Å². The summed E-state index contributed by atoms with van der Waals surface area (Å²) < 4.78 is 34.8. The number of methoxy groups -OCH3 is 1. The molecule has 0 saturated heterocycles. The number of ether oxygens (including phenoxy) is 2. The van der Waals surface area contributed by atoms with Crippen molar-refractivity contribution in [2.24, 2.45) is 0 Å². The second-order valence-electron chi connectivity index (χ2n) is 5.47. The molecule has 5 nitrogen and oxygen atoms in total. The predicted molar refractivity (Wildman–Crippen MR) is 99.0 cm³/mol. The number of aromatic nitrogens is 1. The zero-order chi connectivity index (χ0) is 19.2. The molecule has 0 unspecified atom stereocenters. The van der Waals surface area contributed by atoms with Gasteiger partial charge in [0.05, 0.1) is 12.6 Å². The molecule has 3 aromatic rings. The minimum Gasteiger partial charge on any atom is -0.493 e. The molecule has 1 amide bonds. The monoisotopic (exact) mass is 370 g/mol. The van der Waals surface area contributed by atoms with E-state index in [9.17, 15) is 13.6 Å². The molecule has 0 radical (unpaired) electrons. The van der Waals surface area contributed by atoms with Crippen LogP contribution in [0.2, 0.25) is 0 Å². The Morgan fingerprint density at radius 2 is 1.93 bits per heavy atom. The lowest BCUT2D eigenvalue weighted by Crippen LogP contribution is -2.09. The zero-order valence-corrected chi connectivity index (χ0v) is 14.4. The molecule has 1 aromatic heterocycles. The third-order valence-electron chi connectivity index (χ3n) is 3.70. The van der Waals surface area contributed by atoms with Crippen molar-refractivity contribution in [1.82, 2.24) is 4.98 Å². The second-order valence-corrected chi connectivity index (χ2v) is 5.47. The molecular weight excluding hydrogens is 354 g/mol. The van der Waals surface area contributed by atoms with Gasteiger partial charge in [-0.2, -0.15) is 8.78 Å². The molecule has 1 heterocycles. The van der Waals surface area contributed by atoms with Gasteiger partial charge < -0.3 is 14.8 Å². The van der Waals surface area contributed by atoms with Gasteiger partial charge in [0.1, 0.15) is 5.82 Å². The Bertz CT molecular complexity index is 990. The normalized spacial score (nSPS) is 11.1. The van der Waals surface area contributed by atoms with Gasteiger partial charge in [-0.15, -0.1) is 0 Å². The number of amides is 1. The first-order valence-corrected chi connectivity index (χ1v) is 8.03. The van der Waals surface area contributed by atoms with Crippen molar-refractivity contribution >= 4 is 28.7 Å². The smallest absolute Gasteiger partial charge is 0.387 e. The maximum atomic E-state index is 12.6. The summed E-state index contributed by atoms with van der Waals surface area (Å²) in [6, 6.07) is 15.7. The number of nitrogens with zero attached hydrogens (tertiary/aromatic N) is 1. The van der Waals surface area contributed by atoms with Crippen molar-refractivity contribution in [2.45, 2.75) is 6.61 Å². The molecule has 0 aliphatic carbocycles. The van der Waals surface area contributed by atoms with E-state index in [0.717, 1.165) is 10.9 Å². The summed E-state index contributed by atoms with van der Waals surface area (Å²) in [5, 5.41) is 3.59. The lowest BCUT2D eigenvalue weighted by Gasteiger charge is -2.12. The van der Waals surface area contributed by atoms with Crippen LogP contribution in [-0.4, -0.2) is 24.6 Å². The highest BCUT2D eigenvalue weighted by Crippen LogP contribution is 2.33. The summed E-state index contributed by atoms with van der Waals surface area (Å²) in [6.45, 7) is -3.01. The molecule has 0 saturated carbocycles. The number of rotatable bonds is 6. The van der Waals surface area contributed by atoms with Gasteiger partial charge in [0.25, 0.3) is 0 Å². The second kappa shape index (κ2) is 8.27. The number of fused-ring (bicyclic) bond motifs is 1. The van der Waals surface area contributed by atoms with E-state index in [1.165, 1.54) is 31.4 Å². The van der Waals surface area contributed by atoms with E-state index in [4.69, 9.17) is 4.74 Å². The van der Waals surface area contributed by atoms with Crippen LogP contribution in [0, 0.1) is 0 Å². The van der Waals surface area contributed by atoms with Gasteiger partial charge in [0, 0.05) is 17.0 Å².